The Kier molecular flexibility index (Phi) is 5.89. The molecule has 11 aromatic rings. The minimum atomic E-state index is 0.615. The van der Waals surface area contributed by atoms with Gasteiger partial charge in [-0.15, -0.1) is 0 Å². The lowest BCUT2D eigenvalue weighted by atomic mass is 10.0. The van der Waals surface area contributed by atoms with Crippen molar-refractivity contribution in [3.63, 3.8) is 0 Å². The molecule has 0 aliphatic rings. The highest BCUT2D eigenvalue weighted by Crippen LogP contribution is 2.46. The molecule has 0 bridgehead atoms. The summed E-state index contributed by atoms with van der Waals surface area (Å²) in [5, 5.41) is 6.82. The summed E-state index contributed by atoms with van der Waals surface area (Å²) in [4.78, 5) is 10.7. The van der Waals surface area contributed by atoms with E-state index in [4.69, 9.17) is 14.4 Å². The van der Waals surface area contributed by atoms with Crippen LogP contribution in [-0.4, -0.2) is 19.1 Å². The first-order valence-corrected chi connectivity index (χ1v) is 17.2. The van der Waals surface area contributed by atoms with E-state index in [1.165, 1.54) is 10.8 Å². The third-order valence-corrected chi connectivity index (χ3v) is 10.1. The molecular formula is C46H28N4O. The van der Waals surface area contributed by atoms with Crippen molar-refractivity contribution in [2.45, 2.75) is 0 Å². The highest BCUT2D eigenvalue weighted by atomic mass is 16.3. The largest absolute Gasteiger partial charge is 0.456 e. The first-order valence-electron chi connectivity index (χ1n) is 17.2. The van der Waals surface area contributed by atoms with Crippen LogP contribution >= 0.6 is 0 Å². The molecule has 0 fully saturated rings. The van der Waals surface area contributed by atoms with Gasteiger partial charge in [0, 0.05) is 49.1 Å². The van der Waals surface area contributed by atoms with Gasteiger partial charge >= 0.3 is 0 Å². The van der Waals surface area contributed by atoms with E-state index in [1.807, 2.05) is 18.2 Å². The number of nitrogens with zero attached hydrogens (tertiary/aromatic N) is 4. The molecule has 0 atom stereocenters. The maximum Gasteiger partial charge on any atom is 0.235 e. The number of aromatic nitrogens is 4. The Morgan fingerprint density at radius 3 is 1.71 bits per heavy atom. The second kappa shape index (κ2) is 10.8. The second-order valence-corrected chi connectivity index (χ2v) is 13.0. The van der Waals surface area contributed by atoms with E-state index in [1.54, 1.807) is 0 Å². The molecule has 0 unspecified atom stereocenters. The Morgan fingerprint density at radius 2 is 0.980 bits per heavy atom. The molecule has 0 saturated carbocycles. The standard InChI is InChI=1S/C46H28N4O/c1-4-14-29(15-5-1)35-28-36(30-16-6-2-7-17-30)48-46(47-35)50-38-26-27-41-42(34-21-11-13-23-40(34)51-41)43(38)44-39(50)25-24-33-32-20-10-12-22-37(32)49(45(33)44)31-18-8-3-9-19-31/h1-28H. The molecule has 0 aliphatic heterocycles. The van der Waals surface area contributed by atoms with Crippen LogP contribution in [0.1, 0.15) is 0 Å². The molecule has 0 radical (unpaired) electrons. The monoisotopic (exact) mass is 652 g/mol. The molecule has 7 aromatic carbocycles. The predicted octanol–water partition coefficient (Wildman–Crippen LogP) is 11.9. The normalized spacial score (nSPS) is 11.9. The van der Waals surface area contributed by atoms with Crippen LogP contribution in [0.25, 0.3) is 99.7 Å². The molecule has 0 saturated heterocycles. The van der Waals surface area contributed by atoms with Crippen molar-refractivity contribution in [1.82, 2.24) is 19.1 Å². The Bertz CT molecular complexity index is 3060. The van der Waals surface area contributed by atoms with E-state index in [2.05, 4.69) is 161 Å². The molecule has 238 valence electrons. The van der Waals surface area contributed by atoms with Crippen molar-refractivity contribution in [2.75, 3.05) is 0 Å². The third kappa shape index (κ3) is 4.09. The molecular weight excluding hydrogens is 625 g/mol. The van der Waals surface area contributed by atoms with Crippen molar-refractivity contribution in [3.8, 4) is 34.2 Å². The van der Waals surface area contributed by atoms with E-state index in [9.17, 15) is 0 Å². The molecule has 4 aromatic heterocycles. The minimum absolute atomic E-state index is 0.615. The number of para-hydroxylation sites is 3. The van der Waals surface area contributed by atoms with Crippen LogP contribution in [0.5, 0.6) is 0 Å². The molecule has 0 amide bonds. The van der Waals surface area contributed by atoms with Gasteiger partial charge in [0.1, 0.15) is 11.2 Å². The van der Waals surface area contributed by atoms with Crippen molar-refractivity contribution < 1.29 is 4.42 Å². The lowest BCUT2D eigenvalue weighted by Crippen LogP contribution is -2.04. The maximum atomic E-state index is 6.52. The van der Waals surface area contributed by atoms with Crippen LogP contribution in [0.3, 0.4) is 0 Å². The lowest BCUT2D eigenvalue weighted by Gasteiger charge is -2.12. The number of rotatable bonds is 4. The molecule has 4 heterocycles. The average Bonchev–Trinajstić information content (AvgIpc) is 3.86. The average molecular weight is 653 g/mol. The first kappa shape index (κ1) is 27.9. The summed E-state index contributed by atoms with van der Waals surface area (Å²) in [5.74, 6) is 0.615. The van der Waals surface area contributed by atoms with E-state index < -0.39 is 0 Å². The van der Waals surface area contributed by atoms with Gasteiger partial charge in [0.2, 0.25) is 5.95 Å². The number of furan rings is 1. The SMILES string of the molecule is c1ccc(-c2cc(-c3ccccc3)nc(-n3c4ccc5oc6ccccc6c5c4c4c3ccc3c5ccccc5n(-c5ccccc5)c34)n2)cc1. The topological polar surface area (TPSA) is 48.8 Å². The predicted molar refractivity (Wildman–Crippen MR) is 209 cm³/mol. The minimum Gasteiger partial charge on any atom is -0.456 e. The molecule has 5 nitrogen and oxygen atoms in total. The van der Waals surface area contributed by atoms with Crippen molar-refractivity contribution >= 4 is 65.6 Å². The van der Waals surface area contributed by atoms with Crippen LogP contribution in [0.2, 0.25) is 0 Å². The highest BCUT2D eigenvalue weighted by molar-refractivity contribution is 6.34. The summed E-state index contributed by atoms with van der Waals surface area (Å²) < 4.78 is 11.2. The van der Waals surface area contributed by atoms with Crippen molar-refractivity contribution in [1.29, 1.82) is 0 Å². The van der Waals surface area contributed by atoms with Gasteiger partial charge in [-0.05, 0) is 48.5 Å². The number of fused-ring (bicyclic) bond motifs is 11. The number of hydrogen-bond acceptors (Lipinski definition) is 3. The number of hydrogen-bond donors (Lipinski definition) is 0. The van der Waals surface area contributed by atoms with Crippen molar-refractivity contribution in [3.05, 3.63) is 170 Å². The fourth-order valence-electron chi connectivity index (χ4n) is 7.96. The zero-order chi connectivity index (χ0) is 33.5. The lowest BCUT2D eigenvalue weighted by molar-refractivity contribution is 0.669. The summed E-state index contributed by atoms with van der Waals surface area (Å²) in [6.45, 7) is 0. The highest BCUT2D eigenvalue weighted by Gasteiger charge is 2.25. The fraction of sp³-hybridized carbons (Fsp3) is 0. The van der Waals surface area contributed by atoms with E-state index in [-0.39, 0.29) is 0 Å². The van der Waals surface area contributed by atoms with Gasteiger partial charge in [-0.1, -0.05) is 121 Å². The van der Waals surface area contributed by atoms with Gasteiger partial charge in [-0.2, -0.15) is 0 Å². The summed E-state index contributed by atoms with van der Waals surface area (Å²) in [6.07, 6.45) is 0. The second-order valence-electron chi connectivity index (χ2n) is 13.0. The fourth-order valence-corrected chi connectivity index (χ4v) is 7.96. The van der Waals surface area contributed by atoms with Crippen LogP contribution in [-0.2, 0) is 0 Å². The van der Waals surface area contributed by atoms with Gasteiger partial charge in [-0.25, -0.2) is 9.97 Å². The maximum absolute atomic E-state index is 6.52. The van der Waals surface area contributed by atoms with Crippen LogP contribution in [0.15, 0.2) is 174 Å². The van der Waals surface area contributed by atoms with Crippen LogP contribution in [0, 0.1) is 0 Å². The van der Waals surface area contributed by atoms with E-state index >= 15 is 0 Å². The molecule has 0 spiro atoms. The molecule has 11 rings (SSSR count). The van der Waals surface area contributed by atoms with Gasteiger partial charge in [0.05, 0.1) is 33.5 Å². The quantitative estimate of drug-likeness (QED) is 0.190. The van der Waals surface area contributed by atoms with E-state index in [0.29, 0.717) is 5.95 Å². The smallest absolute Gasteiger partial charge is 0.235 e. The summed E-state index contributed by atoms with van der Waals surface area (Å²) in [7, 11) is 0. The molecule has 0 N–H and O–H groups in total. The molecule has 0 aliphatic carbocycles. The zero-order valence-corrected chi connectivity index (χ0v) is 27.4. The van der Waals surface area contributed by atoms with Gasteiger partial charge in [0.15, 0.2) is 0 Å². The Labute approximate surface area is 292 Å². The number of benzene rings is 7. The van der Waals surface area contributed by atoms with Crippen LogP contribution in [0.4, 0.5) is 0 Å². The molecule has 5 heteroatoms. The summed E-state index contributed by atoms with van der Waals surface area (Å²) in [5.41, 5.74) is 11.0. The van der Waals surface area contributed by atoms with Crippen molar-refractivity contribution in [2.24, 2.45) is 0 Å². The Morgan fingerprint density at radius 1 is 0.392 bits per heavy atom. The zero-order valence-electron chi connectivity index (χ0n) is 27.4. The summed E-state index contributed by atoms with van der Waals surface area (Å²) in [6, 6.07) is 59.3. The van der Waals surface area contributed by atoms with Gasteiger partial charge in [0.25, 0.3) is 0 Å². The molecule has 51 heavy (non-hydrogen) atoms. The summed E-state index contributed by atoms with van der Waals surface area (Å²) >= 11 is 0. The van der Waals surface area contributed by atoms with Gasteiger partial charge < -0.3 is 8.98 Å². The Hall–Kier alpha value is -6.98. The van der Waals surface area contributed by atoms with E-state index in [0.717, 1.165) is 83.0 Å². The van der Waals surface area contributed by atoms with Crippen LogP contribution < -0.4 is 0 Å². The third-order valence-electron chi connectivity index (χ3n) is 10.1. The Balaban J connectivity index is 1.37. The first-order chi connectivity index (χ1) is 25.3. The van der Waals surface area contributed by atoms with Gasteiger partial charge in [-0.3, -0.25) is 4.57 Å².